The van der Waals surface area contributed by atoms with Crippen molar-refractivity contribution in [3.63, 3.8) is 0 Å². The van der Waals surface area contributed by atoms with Crippen molar-refractivity contribution in [3.05, 3.63) is 69.7 Å². The summed E-state index contributed by atoms with van der Waals surface area (Å²) < 4.78 is 0. The van der Waals surface area contributed by atoms with Gasteiger partial charge in [-0.05, 0) is 41.8 Å². The first kappa shape index (κ1) is 14.4. The smallest absolute Gasteiger partial charge is 0.220 e. The van der Waals surface area contributed by atoms with Crippen LogP contribution in [-0.2, 0) is 4.79 Å². The molecule has 0 radical (unpaired) electrons. The van der Waals surface area contributed by atoms with Crippen LogP contribution in [-0.4, -0.2) is 5.91 Å². The van der Waals surface area contributed by atoms with Crippen LogP contribution in [0, 0.1) is 0 Å². The minimum absolute atomic E-state index is 0.0398. The highest BCUT2D eigenvalue weighted by molar-refractivity contribution is 6.30. The van der Waals surface area contributed by atoms with Crippen LogP contribution in [0.2, 0.25) is 10.0 Å². The molecule has 0 unspecified atom stereocenters. The van der Waals surface area contributed by atoms with Crippen molar-refractivity contribution < 1.29 is 4.79 Å². The maximum absolute atomic E-state index is 11.8. The lowest BCUT2D eigenvalue weighted by molar-refractivity contribution is -0.123. The van der Waals surface area contributed by atoms with Gasteiger partial charge in [-0.1, -0.05) is 47.5 Å². The van der Waals surface area contributed by atoms with Crippen molar-refractivity contribution in [2.24, 2.45) is 0 Å². The van der Waals surface area contributed by atoms with Gasteiger partial charge in [0.1, 0.15) is 0 Å². The normalized spacial score (nSPS) is 21.9. The van der Waals surface area contributed by atoms with Crippen LogP contribution in [0.1, 0.15) is 35.9 Å². The Morgan fingerprint density at radius 2 is 1.71 bits per heavy atom. The average molecular weight is 320 g/mol. The van der Waals surface area contributed by atoms with Gasteiger partial charge in [0.2, 0.25) is 5.91 Å². The lowest BCUT2D eigenvalue weighted by Crippen LogP contribution is -2.37. The van der Waals surface area contributed by atoms with Gasteiger partial charge in [0.05, 0.1) is 6.04 Å². The number of rotatable bonds is 2. The second-order valence-corrected chi connectivity index (χ2v) is 6.17. The third-order valence-electron chi connectivity index (χ3n) is 3.91. The van der Waals surface area contributed by atoms with Crippen molar-refractivity contribution in [1.82, 2.24) is 5.32 Å². The van der Waals surface area contributed by atoms with Gasteiger partial charge in [-0.3, -0.25) is 4.79 Å². The first-order valence-corrected chi connectivity index (χ1v) is 7.69. The second kappa shape index (κ2) is 6.08. The van der Waals surface area contributed by atoms with Gasteiger partial charge >= 0.3 is 0 Å². The van der Waals surface area contributed by atoms with Crippen molar-refractivity contribution in [3.8, 4) is 0 Å². The molecule has 3 rings (SSSR count). The number of piperidine rings is 1. The molecule has 1 amide bonds. The molecule has 0 spiro atoms. The van der Waals surface area contributed by atoms with Crippen LogP contribution in [0.5, 0.6) is 0 Å². The number of hydrogen-bond acceptors (Lipinski definition) is 1. The average Bonchev–Trinajstić information content (AvgIpc) is 2.48. The lowest BCUT2D eigenvalue weighted by Gasteiger charge is -2.33. The molecule has 0 bridgehead atoms. The highest BCUT2D eigenvalue weighted by Gasteiger charge is 2.31. The zero-order valence-corrected chi connectivity index (χ0v) is 12.9. The van der Waals surface area contributed by atoms with Crippen molar-refractivity contribution in [2.75, 3.05) is 0 Å². The number of hydrogen-bond donors (Lipinski definition) is 1. The number of amides is 1. The fourth-order valence-electron chi connectivity index (χ4n) is 2.88. The highest BCUT2D eigenvalue weighted by Crippen LogP contribution is 2.38. The fraction of sp³-hybridized carbons (Fsp3) is 0.235. The van der Waals surface area contributed by atoms with Crippen LogP contribution < -0.4 is 5.32 Å². The van der Waals surface area contributed by atoms with E-state index < -0.39 is 0 Å². The van der Waals surface area contributed by atoms with Gasteiger partial charge in [-0.2, -0.15) is 0 Å². The van der Waals surface area contributed by atoms with Crippen LogP contribution in [0.15, 0.2) is 48.5 Å². The van der Waals surface area contributed by atoms with E-state index in [0.29, 0.717) is 11.4 Å². The molecule has 1 saturated heterocycles. The molecule has 21 heavy (non-hydrogen) atoms. The Balaban J connectivity index is 1.96. The molecule has 0 aromatic heterocycles. The summed E-state index contributed by atoms with van der Waals surface area (Å²) in [5.41, 5.74) is 2.22. The predicted molar refractivity (Wildman–Crippen MR) is 85.8 cm³/mol. The van der Waals surface area contributed by atoms with E-state index in [1.165, 1.54) is 0 Å². The summed E-state index contributed by atoms with van der Waals surface area (Å²) in [6, 6.07) is 15.5. The Kier molecular flexibility index (Phi) is 4.18. The first-order chi connectivity index (χ1) is 10.1. The Morgan fingerprint density at radius 3 is 2.43 bits per heavy atom. The Morgan fingerprint density at radius 1 is 0.952 bits per heavy atom. The number of halogens is 2. The molecular formula is C17H15Cl2NO. The van der Waals surface area contributed by atoms with Gasteiger partial charge in [-0.25, -0.2) is 0 Å². The summed E-state index contributed by atoms with van der Waals surface area (Å²) in [4.78, 5) is 11.8. The monoisotopic (exact) mass is 319 g/mol. The molecule has 1 heterocycles. The third kappa shape index (κ3) is 3.22. The molecule has 1 aliphatic heterocycles. The quantitative estimate of drug-likeness (QED) is 0.852. The number of carbonyl (C=O) groups excluding carboxylic acids is 1. The SMILES string of the molecule is O=C1CC[C@@H](c2cccc(Cl)c2)[C@H](c2ccc(Cl)cc2)N1. The summed E-state index contributed by atoms with van der Waals surface area (Å²) in [5, 5.41) is 4.51. The van der Waals surface area contributed by atoms with Gasteiger partial charge < -0.3 is 5.32 Å². The predicted octanol–water partition coefficient (Wildman–Crippen LogP) is 4.73. The van der Waals surface area contributed by atoms with Crippen molar-refractivity contribution in [1.29, 1.82) is 0 Å². The van der Waals surface area contributed by atoms with Crippen molar-refractivity contribution in [2.45, 2.75) is 24.8 Å². The standard InChI is InChI=1S/C17H15Cl2NO/c18-13-6-4-11(5-7-13)17-15(8-9-16(21)20-17)12-2-1-3-14(19)10-12/h1-7,10,15,17H,8-9H2,(H,20,21)/t15-,17-/m0/s1. The number of nitrogens with one attached hydrogen (secondary N) is 1. The Hall–Kier alpha value is -1.51. The van der Waals surface area contributed by atoms with Gasteiger partial charge in [-0.15, -0.1) is 0 Å². The van der Waals surface area contributed by atoms with E-state index in [4.69, 9.17) is 23.2 Å². The van der Waals surface area contributed by atoms with Crippen LogP contribution in [0.3, 0.4) is 0 Å². The van der Waals surface area contributed by atoms with Crippen LogP contribution in [0.4, 0.5) is 0 Å². The summed E-state index contributed by atoms with van der Waals surface area (Å²) in [7, 11) is 0. The molecule has 0 saturated carbocycles. The molecule has 1 N–H and O–H groups in total. The van der Waals surface area contributed by atoms with E-state index in [0.717, 1.165) is 22.6 Å². The Labute approximate surface area is 134 Å². The van der Waals surface area contributed by atoms with E-state index in [9.17, 15) is 4.79 Å². The van der Waals surface area contributed by atoms with E-state index in [1.54, 1.807) is 0 Å². The fourth-order valence-corrected chi connectivity index (χ4v) is 3.21. The van der Waals surface area contributed by atoms with Crippen molar-refractivity contribution >= 4 is 29.1 Å². The minimum Gasteiger partial charge on any atom is -0.349 e. The summed E-state index contributed by atoms with van der Waals surface area (Å²) in [6.07, 6.45) is 1.36. The molecule has 2 nitrogen and oxygen atoms in total. The number of benzene rings is 2. The molecule has 1 fully saturated rings. The summed E-state index contributed by atoms with van der Waals surface area (Å²) in [5.74, 6) is 0.316. The topological polar surface area (TPSA) is 29.1 Å². The molecule has 0 aliphatic carbocycles. The zero-order chi connectivity index (χ0) is 14.8. The highest BCUT2D eigenvalue weighted by atomic mass is 35.5. The molecular weight excluding hydrogens is 305 g/mol. The summed E-state index contributed by atoms with van der Waals surface area (Å²) >= 11 is 12.1. The molecule has 2 aromatic carbocycles. The number of carbonyl (C=O) groups is 1. The zero-order valence-electron chi connectivity index (χ0n) is 11.4. The minimum atomic E-state index is -0.0398. The Bertz CT molecular complexity index is 654. The molecule has 1 aliphatic rings. The molecule has 2 aromatic rings. The van der Waals surface area contributed by atoms with E-state index in [2.05, 4.69) is 11.4 Å². The maximum Gasteiger partial charge on any atom is 0.220 e. The third-order valence-corrected chi connectivity index (χ3v) is 4.39. The van der Waals surface area contributed by atoms with E-state index in [-0.39, 0.29) is 17.9 Å². The molecule has 4 heteroatoms. The first-order valence-electron chi connectivity index (χ1n) is 6.94. The van der Waals surface area contributed by atoms with E-state index in [1.807, 2.05) is 42.5 Å². The van der Waals surface area contributed by atoms with Gasteiger partial charge in [0.25, 0.3) is 0 Å². The molecule has 2 atom stereocenters. The molecule has 108 valence electrons. The summed E-state index contributed by atoms with van der Waals surface area (Å²) in [6.45, 7) is 0. The van der Waals surface area contributed by atoms with Crippen LogP contribution >= 0.6 is 23.2 Å². The van der Waals surface area contributed by atoms with Crippen LogP contribution in [0.25, 0.3) is 0 Å². The lowest BCUT2D eigenvalue weighted by atomic mass is 9.81. The maximum atomic E-state index is 11.8. The van der Waals surface area contributed by atoms with E-state index >= 15 is 0 Å². The second-order valence-electron chi connectivity index (χ2n) is 5.30. The largest absolute Gasteiger partial charge is 0.349 e. The van der Waals surface area contributed by atoms with Gasteiger partial charge in [0, 0.05) is 22.4 Å². The van der Waals surface area contributed by atoms with Gasteiger partial charge in [0.15, 0.2) is 0 Å².